The van der Waals surface area contributed by atoms with Gasteiger partial charge in [0.2, 0.25) is 0 Å². The Kier molecular flexibility index (Phi) is 4.59. The molecule has 7 heteroatoms. The molecule has 0 aliphatic rings. The Morgan fingerprint density at radius 1 is 1.27 bits per heavy atom. The summed E-state index contributed by atoms with van der Waals surface area (Å²) in [5, 5.41) is 9.51. The number of nitriles is 1. The van der Waals surface area contributed by atoms with Crippen molar-refractivity contribution in [3.8, 4) is 11.8 Å². The van der Waals surface area contributed by atoms with Gasteiger partial charge >= 0.3 is 0 Å². The van der Waals surface area contributed by atoms with Gasteiger partial charge in [0.15, 0.2) is 0 Å². The van der Waals surface area contributed by atoms with Crippen LogP contribution in [0.2, 0.25) is 5.02 Å². The van der Waals surface area contributed by atoms with Crippen molar-refractivity contribution in [3.63, 3.8) is 0 Å². The number of anilines is 1. The lowest BCUT2D eigenvalue weighted by Crippen LogP contribution is -2.15. The number of ether oxygens (including phenoxy) is 1. The molecule has 0 radical (unpaired) electrons. The zero-order valence-electron chi connectivity index (χ0n) is 11.9. The maximum absolute atomic E-state index is 12.5. The standard InChI is InChI=1S/C15H13ClN2O3S/c1-10-7-13(14(21-2)8-12(10)16)18-22(19,20)15-6-4-3-5-11(15)9-17/h3-8,18H,1-2H3. The van der Waals surface area contributed by atoms with Gasteiger partial charge in [-0.1, -0.05) is 23.7 Å². The van der Waals surface area contributed by atoms with E-state index in [1.165, 1.54) is 25.3 Å². The van der Waals surface area contributed by atoms with Gasteiger partial charge in [-0.15, -0.1) is 0 Å². The highest BCUT2D eigenvalue weighted by molar-refractivity contribution is 7.92. The van der Waals surface area contributed by atoms with Crippen LogP contribution < -0.4 is 9.46 Å². The molecule has 0 spiro atoms. The number of rotatable bonds is 4. The Balaban J connectivity index is 2.50. The second-order valence-corrected chi connectivity index (χ2v) is 6.57. The predicted octanol–water partition coefficient (Wildman–Crippen LogP) is 3.33. The van der Waals surface area contributed by atoms with Crippen LogP contribution in [-0.2, 0) is 10.0 Å². The van der Waals surface area contributed by atoms with Gasteiger partial charge < -0.3 is 4.74 Å². The number of hydrogen-bond acceptors (Lipinski definition) is 4. The molecule has 22 heavy (non-hydrogen) atoms. The Labute approximate surface area is 134 Å². The van der Waals surface area contributed by atoms with E-state index < -0.39 is 10.0 Å². The molecular formula is C15H13ClN2O3S. The summed E-state index contributed by atoms with van der Waals surface area (Å²) < 4.78 is 32.6. The van der Waals surface area contributed by atoms with Crippen molar-refractivity contribution in [2.45, 2.75) is 11.8 Å². The van der Waals surface area contributed by atoms with Crippen molar-refractivity contribution < 1.29 is 13.2 Å². The summed E-state index contributed by atoms with van der Waals surface area (Å²) in [6.45, 7) is 1.75. The molecule has 0 saturated carbocycles. The van der Waals surface area contributed by atoms with Gasteiger partial charge in [-0.2, -0.15) is 5.26 Å². The highest BCUT2D eigenvalue weighted by atomic mass is 35.5. The maximum atomic E-state index is 12.5. The van der Waals surface area contributed by atoms with Crippen molar-refractivity contribution in [2.75, 3.05) is 11.8 Å². The van der Waals surface area contributed by atoms with Crippen LogP contribution in [0.4, 0.5) is 5.69 Å². The summed E-state index contributed by atoms with van der Waals surface area (Å²) in [5.41, 5.74) is 1.03. The average molecular weight is 337 g/mol. The maximum Gasteiger partial charge on any atom is 0.263 e. The van der Waals surface area contributed by atoms with Crippen molar-refractivity contribution in [1.29, 1.82) is 5.26 Å². The van der Waals surface area contributed by atoms with E-state index in [1.54, 1.807) is 25.1 Å². The van der Waals surface area contributed by atoms with Gasteiger partial charge in [-0.05, 0) is 30.7 Å². The molecule has 114 valence electrons. The first-order chi connectivity index (χ1) is 10.4. The normalized spacial score (nSPS) is 10.8. The molecule has 5 nitrogen and oxygen atoms in total. The van der Waals surface area contributed by atoms with Crippen LogP contribution in [-0.4, -0.2) is 15.5 Å². The minimum Gasteiger partial charge on any atom is -0.495 e. The zero-order chi connectivity index (χ0) is 16.3. The predicted molar refractivity (Wildman–Crippen MR) is 84.7 cm³/mol. The highest BCUT2D eigenvalue weighted by Gasteiger charge is 2.20. The average Bonchev–Trinajstić information content (AvgIpc) is 2.50. The van der Waals surface area contributed by atoms with Crippen LogP contribution in [0, 0.1) is 18.3 Å². The zero-order valence-corrected chi connectivity index (χ0v) is 13.5. The second-order valence-electron chi connectivity index (χ2n) is 4.52. The Morgan fingerprint density at radius 3 is 2.59 bits per heavy atom. The van der Waals surface area contributed by atoms with Gasteiger partial charge in [-0.3, -0.25) is 4.72 Å². The molecule has 0 atom stereocenters. The minimum absolute atomic E-state index is 0.0691. The fourth-order valence-corrected chi connectivity index (χ4v) is 3.28. The lowest BCUT2D eigenvalue weighted by Gasteiger charge is -2.14. The molecule has 0 bridgehead atoms. The van der Waals surface area contributed by atoms with Crippen LogP contribution in [0.15, 0.2) is 41.3 Å². The van der Waals surface area contributed by atoms with Crippen LogP contribution in [0.5, 0.6) is 5.75 Å². The van der Waals surface area contributed by atoms with E-state index >= 15 is 0 Å². The third-order valence-corrected chi connectivity index (χ3v) is 4.85. The van der Waals surface area contributed by atoms with Crippen LogP contribution in [0.1, 0.15) is 11.1 Å². The summed E-state index contributed by atoms with van der Waals surface area (Å²) in [7, 11) is -2.50. The summed E-state index contributed by atoms with van der Waals surface area (Å²) in [4.78, 5) is -0.0906. The number of nitrogens with one attached hydrogen (secondary N) is 1. The molecule has 0 aliphatic heterocycles. The van der Waals surface area contributed by atoms with Crippen molar-refractivity contribution in [2.24, 2.45) is 0 Å². The van der Waals surface area contributed by atoms with Crippen LogP contribution >= 0.6 is 11.6 Å². The molecular weight excluding hydrogens is 324 g/mol. The number of methoxy groups -OCH3 is 1. The summed E-state index contributed by atoms with van der Waals surface area (Å²) in [6, 6.07) is 10.9. The van der Waals surface area contributed by atoms with E-state index in [9.17, 15) is 8.42 Å². The van der Waals surface area contributed by atoms with Gasteiger partial charge in [0.1, 0.15) is 16.7 Å². The number of nitrogens with zero attached hydrogens (tertiary/aromatic N) is 1. The minimum atomic E-state index is -3.91. The van der Waals surface area contributed by atoms with Gasteiger partial charge in [0.25, 0.3) is 10.0 Å². The first-order valence-electron chi connectivity index (χ1n) is 6.25. The smallest absolute Gasteiger partial charge is 0.263 e. The van der Waals surface area contributed by atoms with E-state index in [1.807, 2.05) is 6.07 Å². The molecule has 2 rings (SSSR count). The SMILES string of the molecule is COc1cc(Cl)c(C)cc1NS(=O)(=O)c1ccccc1C#N. The lowest BCUT2D eigenvalue weighted by molar-refractivity contribution is 0.417. The molecule has 0 unspecified atom stereocenters. The van der Waals surface area contributed by atoms with Gasteiger partial charge in [0.05, 0.1) is 18.4 Å². The van der Waals surface area contributed by atoms with E-state index in [4.69, 9.17) is 21.6 Å². The van der Waals surface area contributed by atoms with Crippen LogP contribution in [0.25, 0.3) is 0 Å². The third kappa shape index (κ3) is 3.16. The summed E-state index contributed by atoms with van der Waals surface area (Å²) in [5.74, 6) is 0.300. The second kappa shape index (κ2) is 6.26. The van der Waals surface area contributed by atoms with E-state index in [0.29, 0.717) is 16.3 Å². The number of aryl methyl sites for hydroxylation is 1. The molecule has 1 N–H and O–H groups in total. The fourth-order valence-electron chi connectivity index (χ4n) is 1.90. The molecule has 0 fully saturated rings. The van der Waals surface area contributed by atoms with Crippen molar-refractivity contribution >= 4 is 27.3 Å². The van der Waals surface area contributed by atoms with E-state index in [2.05, 4.69) is 4.72 Å². The molecule has 2 aromatic rings. The van der Waals surface area contributed by atoms with Crippen molar-refractivity contribution in [3.05, 3.63) is 52.5 Å². The first kappa shape index (κ1) is 16.1. The number of hydrogen-bond donors (Lipinski definition) is 1. The third-order valence-electron chi connectivity index (χ3n) is 3.02. The first-order valence-corrected chi connectivity index (χ1v) is 8.11. The fraction of sp³-hybridized carbons (Fsp3) is 0.133. The molecule has 0 heterocycles. The highest BCUT2D eigenvalue weighted by Crippen LogP contribution is 2.32. The molecule has 0 saturated heterocycles. The van der Waals surface area contributed by atoms with E-state index in [0.717, 1.165) is 0 Å². The lowest BCUT2D eigenvalue weighted by atomic mass is 10.2. The number of sulfonamides is 1. The molecule has 2 aromatic carbocycles. The number of benzene rings is 2. The Morgan fingerprint density at radius 2 is 1.95 bits per heavy atom. The quantitative estimate of drug-likeness (QED) is 0.928. The summed E-state index contributed by atoms with van der Waals surface area (Å²) in [6.07, 6.45) is 0. The van der Waals surface area contributed by atoms with Crippen molar-refractivity contribution in [1.82, 2.24) is 0 Å². The topological polar surface area (TPSA) is 79.2 Å². The monoisotopic (exact) mass is 336 g/mol. The van der Waals surface area contributed by atoms with Gasteiger partial charge in [0, 0.05) is 11.1 Å². The Hall–Kier alpha value is -2.23. The molecule has 0 aromatic heterocycles. The molecule has 0 aliphatic carbocycles. The number of halogens is 1. The summed E-state index contributed by atoms with van der Waals surface area (Å²) >= 11 is 6.00. The Bertz CT molecular complexity index is 858. The largest absolute Gasteiger partial charge is 0.495 e. The molecule has 0 amide bonds. The van der Waals surface area contributed by atoms with E-state index in [-0.39, 0.29) is 16.1 Å². The van der Waals surface area contributed by atoms with Crippen LogP contribution in [0.3, 0.4) is 0 Å². The van der Waals surface area contributed by atoms with Gasteiger partial charge in [-0.25, -0.2) is 8.42 Å².